The number of halogens is 3. The minimum atomic E-state index is -0.905. The maximum Gasteiger partial charge on any atom is 0.319 e. The van der Waals surface area contributed by atoms with Crippen LogP contribution in [0.2, 0.25) is 5.02 Å². The standard InChI is InChI=1S/C39H37ClF2N8O2/c1-23-43-13-11-28(45-23)9-10-32(51)48-17-25-19-49(20-26(25)18-48)37-30-16-44-35(29-7-2-5-24-6-3-8-31(40)33(24)29)34(42)36(30)46-38(47-37)52-22-39-12-4-14-50(39)21-27(41)15-39/h2-3,5-11,13,16,25-27H,4,12,14-15,17-22H2,1H3/b10-9+/t25-,26+,27-,39+/m1/s1. The average molecular weight is 723 g/mol. The molecule has 52 heavy (non-hydrogen) atoms. The van der Waals surface area contributed by atoms with Crippen LogP contribution in [0, 0.1) is 24.6 Å². The Labute approximate surface area is 304 Å². The summed E-state index contributed by atoms with van der Waals surface area (Å²) in [6.45, 7) is 5.71. The van der Waals surface area contributed by atoms with Gasteiger partial charge in [0.05, 0.1) is 16.6 Å². The summed E-state index contributed by atoms with van der Waals surface area (Å²) >= 11 is 6.64. The molecule has 0 radical (unpaired) electrons. The molecule has 10 nitrogen and oxygen atoms in total. The van der Waals surface area contributed by atoms with Crippen LogP contribution in [0.1, 0.15) is 30.8 Å². The summed E-state index contributed by atoms with van der Waals surface area (Å²) in [4.78, 5) is 42.0. The molecule has 0 saturated carbocycles. The van der Waals surface area contributed by atoms with Crippen LogP contribution in [0.3, 0.4) is 0 Å². The van der Waals surface area contributed by atoms with E-state index < -0.39 is 17.5 Å². The molecule has 0 aliphatic carbocycles. The Balaban J connectivity index is 1.03. The molecule has 4 fully saturated rings. The van der Waals surface area contributed by atoms with Crippen LogP contribution in [-0.4, -0.2) is 98.2 Å². The van der Waals surface area contributed by atoms with Crippen LogP contribution in [0.25, 0.3) is 39.0 Å². The summed E-state index contributed by atoms with van der Waals surface area (Å²) in [7, 11) is 0. The Hall–Kier alpha value is -4.81. The molecule has 0 N–H and O–H groups in total. The number of fused-ring (bicyclic) bond motifs is 4. The van der Waals surface area contributed by atoms with Crippen LogP contribution in [0.5, 0.6) is 6.01 Å². The van der Waals surface area contributed by atoms with E-state index in [9.17, 15) is 9.18 Å². The van der Waals surface area contributed by atoms with Crippen LogP contribution < -0.4 is 9.64 Å². The van der Waals surface area contributed by atoms with Crippen molar-refractivity contribution in [1.82, 2.24) is 34.7 Å². The Bertz CT molecular complexity index is 2240. The number of carbonyl (C=O) groups excluding carboxylic acids is 1. The van der Waals surface area contributed by atoms with Gasteiger partial charge in [0.15, 0.2) is 5.82 Å². The Kier molecular flexibility index (Phi) is 8.26. The number of likely N-dealkylation sites (tertiary alicyclic amines) is 1. The van der Waals surface area contributed by atoms with E-state index in [1.165, 1.54) is 0 Å². The Morgan fingerprint density at radius 2 is 1.85 bits per heavy atom. The van der Waals surface area contributed by atoms with E-state index in [1.807, 2.05) is 42.2 Å². The molecular weight excluding hydrogens is 686 g/mol. The van der Waals surface area contributed by atoms with E-state index in [0.717, 1.165) is 24.8 Å². The normalized spacial score (nSPS) is 24.4. The van der Waals surface area contributed by atoms with E-state index in [0.29, 0.717) is 77.8 Å². The number of alkyl halides is 1. The van der Waals surface area contributed by atoms with Gasteiger partial charge in [-0.1, -0.05) is 41.9 Å². The van der Waals surface area contributed by atoms with E-state index in [4.69, 9.17) is 21.3 Å². The molecule has 7 heterocycles. The van der Waals surface area contributed by atoms with Gasteiger partial charge >= 0.3 is 6.01 Å². The van der Waals surface area contributed by atoms with Crippen molar-refractivity contribution in [3.05, 3.63) is 83.3 Å². The molecule has 5 aromatic rings. The minimum absolute atomic E-state index is 0.0528. The third-order valence-electron chi connectivity index (χ3n) is 11.3. The topological polar surface area (TPSA) is 100 Å². The second-order valence-corrected chi connectivity index (χ2v) is 15.0. The molecule has 0 bridgehead atoms. The van der Waals surface area contributed by atoms with Crippen LogP contribution in [0.4, 0.5) is 14.6 Å². The highest BCUT2D eigenvalue weighted by Crippen LogP contribution is 2.42. The summed E-state index contributed by atoms with van der Waals surface area (Å²) in [5.41, 5.74) is 1.07. The van der Waals surface area contributed by atoms with Gasteiger partial charge in [-0.2, -0.15) is 9.97 Å². The zero-order valence-corrected chi connectivity index (χ0v) is 29.4. The number of aryl methyl sites for hydroxylation is 1. The lowest BCUT2D eigenvalue weighted by Crippen LogP contribution is -2.43. The molecule has 9 rings (SSSR count). The first kappa shape index (κ1) is 33.1. The molecule has 4 aliphatic rings. The first-order valence-corrected chi connectivity index (χ1v) is 18.2. The Morgan fingerprint density at radius 3 is 2.65 bits per heavy atom. The fraction of sp³-hybridized carbons (Fsp3) is 0.385. The number of ether oxygens (including phenoxy) is 1. The fourth-order valence-corrected chi connectivity index (χ4v) is 9.11. The highest BCUT2D eigenvalue weighted by Gasteiger charge is 2.49. The predicted molar refractivity (Wildman–Crippen MR) is 195 cm³/mol. The van der Waals surface area contributed by atoms with Crippen LogP contribution in [-0.2, 0) is 4.79 Å². The molecule has 0 spiro atoms. The van der Waals surface area contributed by atoms with Crippen molar-refractivity contribution in [2.45, 2.75) is 37.9 Å². The van der Waals surface area contributed by atoms with Gasteiger partial charge in [0.25, 0.3) is 0 Å². The summed E-state index contributed by atoms with van der Waals surface area (Å²) in [5.74, 6) is 0.937. The number of anilines is 1. The zero-order chi connectivity index (χ0) is 35.6. The third-order valence-corrected chi connectivity index (χ3v) is 11.6. The van der Waals surface area contributed by atoms with Gasteiger partial charge in [0, 0.05) is 85.4 Å². The van der Waals surface area contributed by atoms with E-state index >= 15 is 4.39 Å². The number of benzene rings is 2. The largest absolute Gasteiger partial charge is 0.461 e. The summed E-state index contributed by atoms with van der Waals surface area (Å²) in [6.07, 6.45) is 7.89. The minimum Gasteiger partial charge on any atom is -0.461 e. The number of hydrogen-bond donors (Lipinski definition) is 0. The van der Waals surface area contributed by atoms with Crippen LogP contribution in [0.15, 0.2) is 60.9 Å². The highest BCUT2D eigenvalue weighted by molar-refractivity contribution is 6.36. The molecule has 2 aromatic carbocycles. The lowest BCUT2D eigenvalue weighted by Gasteiger charge is -2.31. The molecule has 1 amide bonds. The molecule has 13 heteroatoms. The Morgan fingerprint density at radius 1 is 1.04 bits per heavy atom. The number of rotatable bonds is 7. The second-order valence-electron chi connectivity index (χ2n) is 14.6. The van der Waals surface area contributed by atoms with Gasteiger partial charge in [-0.3, -0.25) is 14.7 Å². The molecule has 4 aliphatic heterocycles. The first-order valence-electron chi connectivity index (χ1n) is 17.8. The lowest BCUT2D eigenvalue weighted by atomic mass is 9.95. The van der Waals surface area contributed by atoms with E-state index in [1.54, 1.807) is 36.7 Å². The number of amides is 1. The maximum atomic E-state index is 16.9. The smallest absolute Gasteiger partial charge is 0.319 e. The van der Waals surface area contributed by atoms with Gasteiger partial charge in [-0.15, -0.1) is 0 Å². The molecule has 4 saturated heterocycles. The van der Waals surface area contributed by atoms with Gasteiger partial charge in [0.1, 0.15) is 35.6 Å². The van der Waals surface area contributed by atoms with Crippen molar-refractivity contribution in [2.24, 2.45) is 11.8 Å². The van der Waals surface area contributed by atoms with Gasteiger partial charge in [-0.25, -0.2) is 18.7 Å². The molecule has 4 atom stereocenters. The van der Waals surface area contributed by atoms with Crippen LogP contribution >= 0.6 is 11.6 Å². The van der Waals surface area contributed by atoms with E-state index in [2.05, 4.69) is 29.7 Å². The molecular formula is C39H37ClF2N8O2. The number of carbonyl (C=O) groups is 1. The summed E-state index contributed by atoms with van der Waals surface area (Å²) in [5, 5.41) is 2.55. The number of hydrogen-bond acceptors (Lipinski definition) is 9. The summed E-state index contributed by atoms with van der Waals surface area (Å²) in [6, 6.07) is 13.0. The second kappa shape index (κ2) is 13.0. The van der Waals surface area contributed by atoms with Gasteiger partial charge < -0.3 is 14.5 Å². The predicted octanol–water partition coefficient (Wildman–Crippen LogP) is 6.30. The van der Waals surface area contributed by atoms with Crippen molar-refractivity contribution in [2.75, 3.05) is 50.8 Å². The van der Waals surface area contributed by atoms with Crippen molar-refractivity contribution < 1.29 is 18.3 Å². The number of nitrogens with zero attached hydrogens (tertiary/aromatic N) is 8. The molecule has 266 valence electrons. The molecule has 3 aromatic heterocycles. The zero-order valence-electron chi connectivity index (χ0n) is 28.7. The van der Waals surface area contributed by atoms with Crippen molar-refractivity contribution in [1.29, 1.82) is 0 Å². The van der Waals surface area contributed by atoms with Gasteiger partial charge in [-0.05, 0) is 49.9 Å². The number of pyridine rings is 1. The first-order chi connectivity index (χ1) is 25.2. The van der Waals surface area contributed by atoms with Crippen molar-refractivity contribution in [3.63, 3.8) is 0 Å². The lowest BCUT2D eigenvalue weighted by molar-refractivity contribution is -0.125. The summed E-state index contributed by atoms with van der Waals surface area (Å²) < 4.78 is 37.8. The van der Waals surface area contributed by atoms with E-state index in [-0.39, 0.29) is 41.6 Å². The SMILES string of the molecule is Cc1nccc(/C=C/C(=O)N2C[C@@H]3CN(c4nc(OC[C@@]56CCCN5C[C@H](F)C6)nc5c(F)c(-c6cccc7cccc(Cl)c67)ncc45)C[C@@H]3C2)n1. The molecule has 0 unspecified atom stereocenters. The number of aromatic nitrogens is 5. The third kappa shape index (κ3) is 5.81. The monoisotopic (exact) mass is 722 g/mol. The van der Waals surface area contributed by atoms with Crippen molar-refractivity contribution >= 4 is 51.1 Å². The van der Waals surface area contributed by atoms with Gasteiger partial charge in [0.2, 0.25) is 5.91 Å². The average Bonchev–Trinajstić information content (AvgIpc) is 3.89. The highest BCUT2D eigenvalue weighted by atomic mass is 35.5. The van der Waals surface area contributed by atoms with Crippen molar-refractivity contribution in [3.8, 4) is 17.3 Å². The quantitative estimate of drug-likeness (QED) is 0.179. The fourth-order valence-electron chi connectivity index (χ4n) is 8.83. The maximum absolute atomic E-state index is 16.9.